The van der Waals surface area contributed by atoms with E-state index < -0.39 is 5.91 Å². The molecule has 1 aliphatic rings. The van der Waals surface area contributed by atoms with Crippen LogP contribution in [0.3, 0.4) is 0 Å². The number of fused-ring (bicyclic) bond motifs is 1. The number of carbonyl (C=O) groups excluding carboxylic acids is 1. The average molecular weight is 420 g/mol. The summed E-state index contributed by atoms with van der Waals surface area (Å²) < 4.78 is 11.3. The lowest BCUT2D eigenvalue weighted by atomic mass is 10.1. The number of anilines is 1. The fraction of sp³-hybridized carbons (Fsp3) is 0.111. The van der Waals surface area contributed by atoms with Crippen LogP contribution in [0.4, 0.5) is 5.69 Å². The maximum absolute atomic E-state index is 12.4. The van der Waals surface area contributed by atoms with Crippen LogP contribution in [0.1, 0.15) is 11.1 Å². The molecule has 0 bridgehead atoms. The van der Waals surface area contributed by atoms with Crippen LogP contribution in [0.2, 0.25) is 5.02 Å². The number of nitriles is 1. The number of nitrogens with zero attached hydrogens (tertiary/aromatic N) is 1. The number of halogens is 2. The molecule has 0 saturated carbocycles. The molecule has 0 spiro atoms. The first kappa shape index (κ1) is 17.3. The number of ether oxygens (including phenoxy) is 2. The van der Waals surface area contributed by atoms with Crippen molar-refractivity contribution < 1.29 is 14.3 Å². The van der Waals surface area contributed by atoms with E-state index in [0.29, 0.717) is 32.2 Å². The summed E-state index contributed by atoms with van der Waals surface area (Å²) in [6, 6.07) is 10.5. The molecular formula is C18H12BrClN2O3. The van der Waals surface area contributed by atoms with E-state index in [1.165, 1.54) is 6.08 Å². The van der Waals surface area contributed by atoms with Gasteiger partial charge in [-0.3, -0.25) is 4.79 Å². The van der Waals surface area contributed by atoms with Crippen LogP contribution in [-0.2, 0) is 4.79 Å². The van der Waals surface area contributed by atoms with Crippen molar-refractivity contribution in [3.63, 3.8) is 0 Å². The predicted octanol–water partition coefficient (Wildman–Crippen LogP) is 4.69. The summed E-state index contributed by atoms with van der Waals surface area (Å²) in [5.41, 5.74) is 2.01. The predicted molar refractivity (Wildman–Crippen MR) is 98.7 cm³/mol. The Kier molecular flexibility index (Phi) is 4.98. The number of benzene rings is 2. The van der Waals surface area contributed by atoms with Gasteiger partial charge in [-0.25, -0.2) is 0 Å². The molecule has 0 aromatic heterocycles. The van der Waals surface area contributed by atoms with E-state index in [9.17, 15) is 10.1 Å². The first-order valence-electron chi connectivity index (χ1n) is 7.26. The van der Waals surface area contributed by atoms with Crippen molar-refractivity contribution in [3.8, 4) is 17.6 Å². The minimum absolute atomic E-state index is 0.0334. The Morgan fingerprint density at radius 1 is 1.32 bits per heavy atom. The van der Waals surface area contributed by atoms with E-state index in [1.54, 1.807) is 30.3 Å². The van der Waals surface area contributed by atoms with Crippen LogP contribution in [0.25, 0.3) is 6.08 Å². The molecule has 1 amide bonds. The molecule has 1 heterocycles. The molecule has 0 atom stereocenters. The van der Waals surface area contributed by atoms with E-state index in [1.807, 2.05) is 13.0 Å². The summed E-state index contributed by atoms with van der Waals surface area (Å²) >= 11 is 9.32. The molecule has 0 fully saturated rings. The van der Waals surface area contributed by atoms with Gasteiger partial charge in [-0.1, -0.05) is 27.5 Å². The average Bonchev–Trinajstić information content (AvgIpc) is 3.02. The minimum atomic E-state index is -0.502. The monoisotopic (exact) mass is 418 g/mol. The Balaban J connectivity index is 1.88. The molecular weight excluding hydrogens is 408 g/mol. The third-order valence-corrected chi connectivity index (χ3v) is 4.52. The maximum Gasteiger partial charge on any atom is 0.266 e. The van der Waals surface area contributed by atoms with E-state index in [2.05, 4.69) is 21.2 Å². The van der Waals surface area contributed by atoms with Crippen LogP contribution in [0, 0.1) is 18.3 Å². The van der Waals surface area contributed by atoms with Gasteiger partial charge in [0.2, 0.25) is 6.79 Å². The number of hydrogen-bond acceptors (Lipinski definition) is 4. The van der Waals surface area contributed by atoms with Gasteiger partial charge in [-0.15, -0.1) is 0 Å². The third kappa shape index (κ3) is 3.78. The molecule has 0 unspecified atom stereocenters. The second kappa shape index (κ2) is 7.18. The smallest absolute Gasteiger partial charge is 0.266 e. The van der Waals surface area contributed by atoms with Crippen molar-refractivity contribution in [1.29, 1.82) is 5.26 Å². The molecule has 25 heavy (non-hydrogen) atoms. The van der Waals surface area contributed by atoms with Crippen molar-refractivity contribution in [2.45, 2.75) is 6.92 Å². The Bertz CT molecular complexity index is 935. The van der Waals surface area contributed by atoms with Gasteiger partial charge in [-0.2, -0.15) is 5.26 Å². The molecule has 1 N–H and O–H groups in total. The topological polar surface area (TPSA) is 71.4 Å². The van der Waals surface area contributed by atoms with Crippen molar-refractivity contribution in [2.75, 3.05) is 12.1 Å². The fourth-order valence-corrected chi connectivity index (χ4v) is 2.97. The molecule has 7 heteroatoms. The molecule has 5 nitrogen and oxygen atoms in total. The summed E-state index contributed by atoms with van der Waals surface area (Å²) in [4.78, 5) is 12.4. The van der Waals surface area contributed by atoms with Gasteiger partial charge in [0.25, 0.3) is 5.91 Å². The SMILES string of the molecule is Cc1cc(Cl)ccc1NC(=O)/C(C#N)=C/c1cc2c(cc1Br)OCO2. The maximum atomic E-state index is 12.4. The Morgan fingerprint density at radius 3 is 2.72 bits per heavy atom. The number of aryl methyl sites for hydroxylation is 1. The van der Waals surface area contributed by atoms with Gasteiger partial charge in [0.15, 0.2) is 11.5 Å². The first-order valence-corrected chi connectivity index (χ1v) is 8.43. The molecule has 2 aromatic carbocycles. The van der Waals surface area contributed by atoms with Crippen LogP contribution >= 0.6 is 27.5 Å². The van der Waals surface area contributed by atoms with Crippen LogP contribution in [0.5, 0.6) is 11.5 Å². The van der Waals surface area contributed by atoms with Crippen molar-refractivity contribution >= 4 is 45.2 Å². The summed E-state index contributed by atoms with van der Waals surface area (Å²) in [5.74, 6) is 0.682. The van der Waals surface area contributed by atoms with Crippen LogP contribution in [-0.4, -0.2) is 12.7 Å². The molecule has 0 saturated heterocycles. The summed E-state index contributed by atoms with van der Waals surface area (Å²) in [5, 5.41) is 12.7. The van der Waals surface area contributed by atoms with E-state index in [0.717, 1.165) is 5.56 Å². The Labute approximate surface area is 157 Å². The molecule has 3 rings (SSSR count). The number of hydrogen-bond donors (Lipinski definition) is 1. The highest BCUT2D eigenvalue weighted by molar-refractivity contribution is 9.10. The highest BCUT2D eigenvalue weighted by atomic mass is 79.9. The Morgan fingerprint density at radius 2 is 2.04 bits per heavy atom. The van der Waals surface area contributed by atoms with Gasteiger partial charge in [0, 0.05) is 15.2 Å². The standard InChI is InChI=1S/C18H12BrClN2O3/c1-10-4-13(20)2-3-15(10)22-18(23)12(8-21)5-11-6-16-17(7-14(11)19)25-9-24-16/h2-7H,9H2,1H3,(H,22,23)/b12-5+. The van der Waals surface area contributed by atoms with Crippen LogP contribution < -0.4 is 14.8 Å². The van der Waals surface area contributed by atoms with Crippen LogP contribution in [0.15, 0.2) is 40.4 Å². The number of rotatable bonds is 3. The van der Waals surface area contributed by atoms with Crippen molar-refractivity contribution in [3.05, 3.63) is 56.5 Å². The largest absolute Gasteiger partial charge is 0.454 e. The van der Waals surface area contributed by atoms with E-state index in [4.69, 9.17) is 21.1 Å². The van der Waals surface area contributed by atoms with Gasteiger partial charge >= 0.3 is 0 Å². The van der Waals surface area contributed by atoms with Crippen molar-refractivity contribution in [2.24, 2.45) is 0 Å². The lowest BCUT2D eigenvalue weighted by Crippen LogP contribution is -2.14. The molecule has 1 aliphatic heterocycles. The lowest BCUT2D eigenvalue weighted by Gasteiger charge is -2.08. The zero-order valence-electron chi connectivity index (χ0n) is 13.1. The Hall–Kier alpha value is -2.49. The lowest BCUT2D eigenvalue weighted by molar-refractivity contribution is -0.112. The highest BCUT2D eigenvalue weighted by Gasteiger charge is 2.17. The zero-order valence-corrected chi connectivity index (χ0v) is 15.4. The number of nitrogens with one attached hydrogen (secondary N) is 1. The third-order valence-electron chi connectivity index (χ3n) is 3.59. The first-order chi connectivity index (χ1) is 12.0. The number of amides is 1. The van der Waals surface area contributed by atoms with E-state index >= 15 is 0 Å². The normalized spacial score (nSPS) is 12.6. The molecule has 0 radical (unpaired) electrons. The fourth-order valence-electron chi connectivity index (χ4n) is 2.30. The number of carbonyl (C=O) groups is 1. The van der Waals surface area contributed by atoms with Gasteiger partial charge in [-0.05, 0) is 54.5 Å². The summed E-state index contributed by atoms with van der Waals surface area (Å²) in [6.07, 6.45) is 1.49. The van der Waals surface area contributed by atoms with Gasteiger partial charge < -0.3 is 14.8 Å². The second-order valence-corrected chi connectivity index (χ2v) is 6.60. The van der Waals surface area contributed by atoms with Gasteiger partial charge in [0.05, 0.1) is 0 Å². The minimum Gasteiger partial charge on any atom is -0.454 e. The molecule has 0 aliphatic carbocycles. The van der Waals surface area contributed by atoms with Gasteiger partial charge in [0.1, 0.15) is 11.6 Å². The molecule has 2 aromatic rings. The second-order valence-electron chi connectivity index (χ2n) is 5.31. The summed E-state index contributed by atoms with van der Waals surface area (Å²) in [6.45, 7) is 1.97. The molecule has 126 valence electrons. The zero-order chi connectivity index (χ0) is 18.0. The quantitative estimate of drug-likeness (QED) is 0.579. The highest BCUT2D eigenvalue weighted by Crippen LogP contribution is 2.37. The van der Waals surface area contributed by atoms with E-state index in [-0.39, 0.29) is 12.4 Å². The summed E-state index contributed by atoms with van der Waals surface area (Å²) in [7, 11) is 0. The van der Waals surface area contributed by atoms with Crippen molar-refractivity contribution in [1.82, 2.24) is 0 Å².